The minimum atomic E-state index is -0.850. The highest BCUT2D eigenvalue weighted by molar-refractivity contribution is 5.96. The van der Waals surface area contributed by atoms with Gasteiger partial charge in [0.05, 0.1) is 5.56 Å². The number of anilines is 1. The molecule has 2 amide bonds. The summed E-state index contributed by atoms with van der Waals surface area (Å²) in [5.41, 5.74) is 2.96. The second kappa shape index (κ2) is 8.49. The molecule has 0 saturated carbocycles. The van der Waals surface area contributed by atoms with E-state index >= 15 is 0 Å². The first-order valence-corrected chi connectivity index (χ1v) is 9.02. The van der Waals surface area contributed by atoms with Gasteiger partial charge in [-0.25, -0.2) is 4.79 Å². The molecule has 27 heavy (non-hydrogen) atoms. The number of esters is 1. The molecule has 0 aliphatic carbocycles. The molecule has 1 heterocycles. The molecule has 0 spiro atoms. The van der Waals surface area contributed by atoms with E-state index in [1.54, 1.807) is 25.1 Å². The number of nitrogens with one attached hydrogen (secondary N) is 2. The molecular weight excluding hydrogens is 344 g/mol. The number of carbonyl (C=O) groups is 3. The molecule has 0 radical (unpaired) electrons. The Morgan fingerprint density at radius 3 is 2.67 bits per heavy atom. The van der Waals surface area contributed by atoms with Crippen molar-refractivity contribution < 1.29 is 19.1 Å². The van der Waals surface area contributed by atoms with E-state index in [0.717, 1.165) is 16.8 Å². The number of ether oxygens (including phenoxy) is 1. The van der Waals surface area contributed by atoms with Crippen LogP contribution in [-0.2, 0) is 27.3 Å². The first-order valence-electron chi connectivity index (χ1n) is 9.02. The molecule has 3 rings (SSSR count). The van der Waals surface area contributed by atoms with Crippen molar-refractivity contribution in [1.82, 2.24) is 5.32 Å². The first kappa shape index (κ1) is 18.6. The van der Waals surface area contributed by atoms with Crippen LogP contribution < -0.4 is 10.6 Å². The van der Waals surface area contributed by atoms with Crippen molar-refractivity contribution in [3.05, 3.63) is 65.2 Å². The van der Waals surface area contributed by atoms with E-state index in [-0.39, 0.29) is 11.8 Å². The molecular formula is C21H22N2O4. The van der Waals surface area contributed by atoms with E-state index in [0.29, 0.717) is 31.4 Å². The summed E-state index contributed by atoms with van der Waals surface area (Å²) in [5, 5.41) is 5.57. The van der Waals surface area contributed by atoms with E-state index in [1.165, 1.54) is 0 Å². The van der Waals surface area contributed by atoms with Gasteiger partial charge in [0.25, 0.3) is 5.91 Å². The van der Waals surface area contributed by atoms with Crippen LogP contribution in [0.25, 0.3) is 0 Å². The molecule has 2 aromatic carbocycles. The molecule has 1 atom stereocenters. The van der Waals surface area contributed by atoms with Crippen molar-refractivity contribution in [2.24, 2.45) is 0 Å². The average molecular weight is 366 g/mol. The lowest BCUT2D eigenvalue weighted by Crippen LogP contribution is -2.37. The molecule has 6 heteroatoms. The van der Waals surface area contributed by atoms with Crippen LogP contribution in [0.5, 0.6) is 0 Å². The number of hydrogen-bond acceptors (Lipinski definition) is 4. The predicted octanol–water partition coefficient (Wildman–Crippen LogP) is 2.82. The molecule has 140 valence electrons. The van der Waals surface area contributed by atoms with Gasteiger partial charge in [-0.3, -0.25) is 9.59 Å². The molecule has 0 saturated heterocycles. The maximum absolute atomic E-state index is 12.5. The van der Waals surface area contributed by atoms with E-state index in [1.807, 2.05) is 30.3 Å². The Hall–Kier alpha value is -3.15. The summed E-state index contributed by atoms with van der Waals surface area (Å²) in [6.07, 6.45) is 0.506. The van der Waals surface area contributed by atoms with E-state index in [4.69, 9.17) is 4.74 Å². The topological polar surface area (TPSA) is 84.5 Å². The summed E-state index contributed by atoms with van der Waals surface area (Å²) < 4.78 is 5.41. The molecule has 1 aliphatic heterocycles. The van der Waals surface area contributed by atoms with Crippen molar-refractivity contribution in [3.8, 4) is 0 Å². The fourth-order valence-electron chi connectivity index (χ4n) is 2.93. The van der Waals surface area contributed by atoms with Crippen LogP contribution in [0.3, 0.4) is 0 Å². The van der Waals surface area contributed by atoms with Crippen molar-refractivity contribution in [3.63, 3.8) is 0 Å². The van der Waals surface area contributed by atoms with Gasteiger partial charge in [0.2, 0.25) is 5.91 Å². The predicted molar refractivity (Wildman–Crippen MR) is 101 cm³/mol. The zero-order chi connectivity index (χ0) is 19.2. The van der Waals surface area contributed by atoms with Crippen molar-refractivity contribution in [1.29, 1.82) is 0 Å². The zero-order valence-electron chi connectivity index (χ0n) is 15.2. The lowest BCUT2D eigenvalue weighted by atomic mass is 10.0. The van der Waals surface area contributed by atoms with Crippen molar-refractivity contribution in [2.75, 3.05) is 5.32 Å². The Balaban J connectivity index is 1.61. The second-order valence-corrected chi connectivity index (χ2v) is 6.43. The van der Waals surface area contributed by atoms with Gasteiger partial charge < -0.3 is 15.4 Å². The Bertz CT molecular complexity index is 849. The van der Waals surface area contributed by atoms with E-state index < -0.39 is 12.1 Å². The standard InChI is InChI=1S/C21H22N2O4/c1-2-18(20(25)22-13-14-6-4-3-5-7-14)27-21(26)16-8-10-17-15(12-16)9-11-19(24)23-17/h3-8,10,12,18H,2,9,11,13H2,1H3,(H,22,25)(H,23,24)/t18-/m0/s1. The molecule has 0 bridgehead atoms. The fraction of sp³-hybridized carbons (Fsp3) is 0.286. The summed E-state index contributed by atoms with van der Waals surface area (Å²) in [7, 11) is 0. The van der Waals surface area contributed by atoms with Gasteiger partial charge in [0.15, 0.2) is 6.10 Å². The third-order valence-electron chi connectivity index (χ3n) is 4.46. The summed E-state index contributed by atoms with van der Waals surface area (Å²) in [6, 6.07) is 14.5. The van der Waals surface area contributed by atoms with Crippen LogP contribution in [0.1, 0.15) is 41.3 Å². The highest BCUT2D eigenvalue weighted by Crippen LogP contribution is 2.24. The molecule has 2 N–H and O–H groups in total. The molecule has 1 aliphatic rings. The van der Waals surface area contributed by atoms with Gasteiger partial charge in [-0.2, -0.15) is 0 Å². The van der Waals surface area contributed by atoms with Crippen LogP contribution in [0.4, 0.5) is 5.69 Å². The second-order valence-electron chi connectivity index (χ2n) is 6.43. The number of hydrogen-bond donors (Lipinski definition) is 2. The van der Waals surface area contributed by atoms with Crippen molar-refractivity contribution in [2.45, 2.75) is 38.8 Å². The van der Waals surface area contributed by atoms with Gasteiger partial charge in [-0.05, 0) is 42.2 Å². The summed E-state index contributed by atoms with van der Waals surface area (Å²) in [5.74, 6) is -0.893. The zero-order valence-corrected chi connectivity index (χ0v) is 15.2. The van der Waals surface area contributed by atoms with Gasteiger partial charge in [0.1, 0.15) is 0 Å². The van der Waals surface area contributed by atoms with Crippen LogP contribution in [0, 0.1) is 0 Å². The van der Waals surface area contributed by atoms with Crippen LogP contribution in [0.15, 0.2) is 48.5 Å². The number of carbonyl (C=O) groups excluding carboxylic acids is 3. The maximum Gasteiger partial charge on any atom is 0.338 e. The summed E-state index contributed by atoms with van der Waals surface area (Å²) >= 11 is 0. The Morgan fingerprint density at radius 2 is 1.93 bits per heavy atom. The SMILES string of the molecule is CC[C@H](OC(=O)c1ccc2c(c1)CCC(=O)N2)C(=O)NCc1ccccc1. The third-order valence-corrected chi connectivity index (χ3v) is 4.46. The number of amides is 2. The van der Waals surface area contributed by atoms with Crippen LogP contribution >= 0.6 is 0 Å². The Morgan fingerprint density at radius 1 is 1.15 bits per heavy atom. The Labute approximate surface area is 157 Å². The lowest BCUT2D eigenvalue weighted by Gasteiger charge is -2.19. The van der Waals surface area contributed by atoms with Gasteiger partial charge >= 0.3 is 5.97 Å². The summed E-state index contributed by atoms with van der Waals surface area (Å²) in [4.78, 5) is 36.2. The lowest BCUT2D eigenvalue weighted by molar-refractivity contribution is -0.130. The van der Waals surface area contributed by atoms with Crippen LogP contribution in [-0.4, -0.2) is 23.9 Å². The van der Waals surface area contributed by atoms with Gasteiger partial charge in [0, 0.05) is 18.7 Å². The molecule has 6 nitrogen and oxygen atoms in total. The molecule has 2 aromatic rings. The monoisotopic (exact) mass is 366 g/mol. The molecule has 0 aromatic heterocycles. The van der Waals surface area contributed by atoms with Gasteiger partial charge in [-0.1, -0.05) is 37.3 Å². The van der Waals surface area contributed by atoms with E-state index in [9.17, 15) is 14.4 Å². The maximum atomic E-state index is 12.5. The van der Waals surface area contributed by atoms with E-state index in [2.05, 4.69) is 10.6 Å². The smallest absolute Gasteiger partial charge is 0.338 e. The average Bonchev–Trinajstić information content (AvgIpc) is 2.70. The normalized spacial score (nSPS) is 13.9. The number of fused-ring (bicyclic) bond motifs is 1. The molecule has 0 unspecified atom stereocenters. The van der Waals surface area contributed by atoms with Crippen LogP contribution in [0.2, 0.25) is 0 Å². The number of rotatable bonds is 6. The minimum Gasteiger partial charge on any atom is -0.449 e. The van der Waals surface area contributed by atoms with Crippen molar-refractivity contribution >= 4 is 23.5 Å². The quantitative estimate of drug-likeness (QED) is 0.770. The number of aryl methyl sites for hydroxylation is 1. The first-order chi connectivity index (χ1) is 13.1. The highest BCUT2D eigenvalue weighted by Gasteiger charge is 2.23. The largest absolute Gasteiger partial charge is 0.449 e. The van der Waals surface area contributed by atoms with Gasteiger partial charge in [-0.15, -0.1) is 0 Å². The Kier molecular flexibility index (Phi) is 5.86. The third kappa shape index (κ3) is 4.73. The highest BCUT2D eigenvalue weighted by atomic mass is 16.5. The molecule has 0 fully saturated rings. The number of benzene rings is 2. The summed E-state index contributed by atoms with van der Waals surface area (Å²) in [6.45, 7) is 2.18. The minimum absolute atomic E-state index is 0.0287. The fourth-order valence-corrected chi connectivity index (χ4v) is 2.93.